The van der Waals surface area contributed by atoms with E-state index in [9.17, 15) is 9.59 Å². The lowest BCUT2D eigenvalue weighted by Gasteiger charge is -2.40. The van der Waals surface area contributed by atoms with Gasteiger partial charge in [0.2, 0.25) is 11.8 Å². The average molecular weight is 331 g/mol. The summed E-state index contributed by atoms with van der Waals surface area (Å²) in [6.07, 6.45) is 4.82. The number of carbonyl (C=O) groups excluding carboxylic acids is 2. The Morgan fingerprint density at radius 1 is 1.08 bits per heavy atom. The molecule has 5 heteroatoms. The van der Waals surface area contributed by atoms with Crippen LogP contribution in [0.15, 0.2) is 24.3 Å². The Kier molecular flexibility index (Phi) is 6.23. The van der Waals surface area contributed by atoms with Crippen molar-refractivity contribution in [2.75, 3.05) is 18.8 Å². The molecule has 1 aliphatic rings. The molecule has 0 radical (unpaired) electrons. The summed E-state index contributed by atoms with van der Waals surface area (Å²) >= 11 is 0. The third-order valence-corrected chi connectivity index (χ3v) is 4.89. The van der Waals surface area contributed by atoms with Crippen LogP contribution >= 0.6 is 0 Å². The lowest BCUT2D eigenvalue weighted by molar-refractivity contribution is -0.143. The first-order valence-electron chi connectivity index (χ1n) is 8.95. The van der Waals surface area contributed by atoms with Crippen molar-refractivity contribution in [2.24, 2.45) is 0 Å². The highest BCUT2D eigenvalue weighted by atomic mass is 16.2. The minimum absolute atomic E-state index is 0.0675. The molecule has 24 heavy (non-hydrogen) atoms. The van der Waals surface area contributed by atoms with Crippen molar-refractivity contribution >= 4 is 17.5 Å². The van der Waals surface area contributed by atoms with Crippen LogP contribution < -0.4 is 11.1 Å². The number of nitrogens with two attached hydrogens (primary N) is 1. The van der Waals surface area contributed by atoms with Gasteiger partial charge >= 0.3 is 0 Å². The minimum atomic E-state index is -0.727. The van der Waals surface area contributed by atoms with E-state index in [2.05, 4.69) is 5.32 Å². The number of nitrogens with one attached hydrogen (secondary N) is 1. The number of anilines is 1. The zero-order valence-electron chi connectivity index (χ0n) is 14.8. The fourth-order valence-electron chi connectivity index (χ4n) is 3.49. The molecule has 0 heterocycles. The highest BCUT2D eigenvalue weighted by molar-refractivity contribution is 5.92. The van der Waals surface area contributed by atoms with E-state index in [-0.39, 0.29) is 18.2 Å². The van der Waals surface area contributed by atoms with Crippen LogP contribution in [0.1, 0.15) is 51.5 Å². The van der Waals surface area contributed by atoms with E-state index >= 15 is 0 Å². The maximum atomic E-state index is 13.0. The normalized spacial score (nSPS) is 16.4. The SMILES string of the molecule is CCN(CC)C(=O)C1(NC(=O)Cc2ccc(N)cc2)CCCCC1. The number of rotatable bonds is 6. The summed E-state index contributed by atoms with van der Waals surface area (Å²) in [6, 6.07) is 7.30. The number of nitrogen functional groups attached to an aromatic ring is 1. The van der Waals surface area contributed by atoms with Gasteiger partial charge < -0.3 is 16.0 Å². The van der Waals surface area contributed by atoms with Gasteiger partial charge in [-0.25, -0.2) is 0 Å². The zero-order valence-corrected chi connectivity index (χ0v) is 14.8. The van der Waals surface area contributed by atoms with Gasteiger partial charge in [0.1, 0.15) is 5.54 Å². The zero-order chi connectivity index (χ0) is 17.6. The third kappa shape index (κ3) is 4.28. The van der Waals surface area contributed by atoms with Gasteiger partial charge in [-0.2, -0.15) is 0 Å². The van der Waals surface area contributed by atoms with E-state index in [1.54, 1.807) is 12.1 Å². The Labute approximate surface area is 144 Å². The van der Waals surface area contributed by atoms with Gasteiger partial charge in [0.05, 0.1) is 6.42 Å². The lowest BCUT2D eigenvalue weighted by atomic mass is 9.80. The van der Waals surface area contributed by atoms with Gasteiger partial charge in [0.25, 0.3) is 0 Å². The van der Waals surface area contributed by atoms with E-state index in [1.807, 2.05) is 30.9 Å². The summed E-state index contributed by atoms with van der Waals surface area (Å²) in [5.41, 5.74) is 6.54. The number of nitrogens with zero attached hydrogens (tertiary/aromatic N) is 1. The Bertz CT molecular complexity index is 558. The maximum absolute atomic E-state index is 13.0. The van der Waals surface area contributed by atoms with E-state index in [4.69, 9.17) is 5.73 Å². The molecule has 2 amide bonds. The molecule has 0 bridgehead atoms. The van der Waals surface area contributed by atoms with Crippen LogP contribution in [0.25, 0.3) is 0 Å². The first-order chi connectivity index (χ1) is 11.5. The highest BCUT2D eigenvalue weighted by Gasteiger charge is 2.42. The number of likely N-dealkylation sites (N-methyl/N-ethyl adjacent to an activating group) is 1. The van der Waals surface area contributed by atoms with Gasteiger partial charge in [-0.3, -0.25) is 9.59 Å². The van der Waals surface area contributed by atoms with E-state index in [0.29, 0.717) is 18.8 Å². The van der Waals surface area contributed by atoms with Crippen LogP contribution in [0.2, 0.25) is 0 Å². The smallest absolute Gasteiger partial charge is 0.248 e. The fourth-order valence-corrected chi connectivity index (χ4v) is 3.49. The topological polar surface area (TPSA) is 75.4 Å². The van der Waals surface area contributed by atoms with Crippen molar-refractivity contribution in [3.8, 4) is 0 Å². The monoisotopic (exact) mass is 331 g/mol. The Morgan fingerprint density at radius 2 is 1.67 bits per heavy atom. The highest BCUT2D eigenvalue weighted by Crippen LogP contribution is 2.30. The molecular weight excluding hydrogens is 302 g/mol. The molecule has 1 aliphatic carbocycles. The van der Waals surface area contributed by atoms with Crippen molar-refractivity contribution in [2.45, 2.75) is 57.9 Å². The maximum Gasteiger partial charge on any atom is 0.248 e. The summed E-state index contributed by atoms with van der Waals surface area (Å²) in [4.78, 5) is 27.4. The quantitative estimate of drug-likeness (QED) is 0.787. The minimum Gasteiger partial charge on any atom is -0.399 e. The molecule has 1 fully saturated rings. The predicted molar refractivity (Wildman–Crippen MR) is 96.4 cm³/mol. The summed E-state index contributed by atoms with van der Waals surface area (Å²) < 4.78 is 0. The summed E-state index contributed by atoms with van der Waals surface area (Å²) in [6.45, 7) is 5.30. The second-order valence-electron chi connectivity index (χ2n) is 6.59. The molecule has 0 aromatic heterocycles. The van der Waals surface area contributed by atoms with Crippen molar-refractivity contribution in [3.63, 3.8) is 0 Å². The van der Waals surface area contributed by atoms with Crippen LogP contribution in [-0.2, 0) is 16.0 Å². The lowest BCUT2D eigenvalue weighted by Crippen LogP contribution is -2.60. The number of hydrogen-bond acceptors (Lipinski definition) is 3. The fraction of sp³-hybridized carbons (Fsp3) is 0.579. The van der Waals surface area contributed by atoms with E-state index in [0.717, 1.165) is 37.7 Å². The largest absolute Gasteiger partial charge is 0.399 e. The van der Waals surface area contributed by atoms with Crippen LogP contribution in [0.5, 0.6) is 0 Å². The molecule has 0 saturated heterocycles. The third-order valence-electron chi connectivity index (χ3n) is 4.89. The molecule has 0 spiro atoms. The molecule has 1 aromatic carbocycles. The standard InChI is InChI=1S/C19H29N3O2/c1-3-22(4-2)18(24)19(12-6-5-7-13-19)21-17(23)14-15-8-10-16(20)11-9-15/h8-11H,3-7,12-14,20H2,1-2H3,(H,21,23). The number of hydrogen-bond donors (Lipinski definition) is 2. The Balaban J connectivity index is 2.11. The second-order valence-corrected chi connectivity index (χ2v) is 6.59. The van der Waals surface area contributed by atoms with Crippen molar-refractivity contribution in [3.05, 3.63) is 29.8 Å². The summed E-state index contributed by atoms with van der Waals surface area (Å²) in [7, 11) is 0. The van der Waals surface area contributed by atoms with Crippen LogP contribution in [-0.4, -0.2) is 35.3 Å². The summed E-state index contributed by atoms with van der Waals surface area (Å²) in [5.74, 6) is -0.0277. The first kappa shape index (κ1) is 18.3. The predicted octanol–water partition coefficient (Wildman–Crippen LogP) is 2.50. The van der Waals surface area contributed by atoms with E-state index in [1.165, 1.54) is 0 Å². The molecule has 0 unspecified atom stereocenters. The van der Waals surface area contributed by atoms with Gasteiger partial charge in [0, 0.05) is 18.8 Å². The van der Waals surface area contributed by atoms with Crippen molar-refractivity contribution in [1.82, 2.24) is 10.2 Å². The van der Waals surface area contributed by atoms with Crippen LogP contribution in [0.4, 0.5) is 5.69 Å². The van der Waals surface area contributed by atoms with Gasteiger partial charge in [-0.15, -0.1) is 0 Å². The number of carbonyl (C=O) groups is 2. The molecule has 0 atom stereocenters. The molecule has 132 valence electrons. The van der Waals surface area contributed by atoms with Gasteiger partial charge in [-0.05, 0) is 44.4 Å². The van der Waals surface area contributed by atoms with Crippen LogP contribution in [0.3, 0.4) is 0 Å². The molecule has 2 rings (SSSR count). The van der Waals surface area contributed by atoms with Gasteiger partial charge in [-0.1, -0.05) is 31.4 Å². The molecule has 1 aromatic rings. The molecule has 1 saturated carbocycles. The summed E-state index contributed by atoms with van der Waals surface area (Å²) in [5, 5.41) is 3.08. The first-order valence-corrected chi connectivity index (χ1v) is 8.95. The van der Waals surface area contributed by atoms with Crippen LogP contribution in [0, 0.1) is 0 Å². The number of amides is 2. The molecule has 3 N–H and O–H groups in total. The Morgan fingerprint density at radius 3 is 2.21 bits per heavy atom. The van der Waals surface area contributed by atoms with Crippen molar-refractivity contribution < 1.29 is 9.59 Å². The van der Waals surface area contributed by atoms with E-state index < -0.39 is 5.54 Å². The molecular formula is C19H29N3O2. The van der Waals surface area contributed by atoms with Gasteiger partial charge in [0.15, 0.2) is 0 Å². The average Bonchev–Trinajstić information content (AvgIpc) is 2.58. The molecule has 5 nitrogen and oxygen atoms in total. The second kappa shape index (κ2) is 8.18. The number of benzene rings is 1. The van der Waals surface area contributed by atoms with Crippen molar-refractivity contribution in [1.29, 1.82) is 0 Å². The molecule has 0 aliphatic heterocycles. The Hall–Kier alpha value is -2.04.